The minimum Gasteiger partial charge on any atom is -0.485 e. The van der Waals surface area contributed by atoms with E-state index < -0.39 is 16.1 Å². The molecular weight excluding hydrogens is 374 g/mol. The smallest absolute Gasteiger partial charge is 0.409 e. The van der Waals surface area contributed by atoms with Gasteiger partial charge in [0, 0.05) is 25.5 Å². The summed E-state index contributed by atoms with van der Waals surface area (Å²) in [4.78, 5) is 12.9. The number of sulfonamides is 1. The number of aryl methyl sites for hydroxylation is 1. The highest BCUT2D eigenvalue weighted by Crippen LogP contribution is 2.39. The first-order valence-corrected chi connectivity index (χ1v) is 9.57. The Hall–Kier alpha value is -2.79. The van der Waals surface area contributed by atoms with Crippen molar-refractivity contribution in [1.29, 1.82) is 0 Å². The lowest BCUT2D eigenvalue weighted by Gasteiger charge is -2.36. The molecule has 146 valence electrons. The molecule has 2 N–H and O–H groups in total. The van der Waals surface area contributed by atoms with Gasteiger partial charge in [-0.3, -0.25) is 14.3 Å². The van der Waals surface area contributed by atoms with Gasteiger partial charge < -0.3 is 14.7 Å². The number of nitrogens with zero attached hydrogens (tertiary/aromatic N) is 4. The molecule has 10 nitrogen and oxygen atoms in total. The monoisotopic (exact) mass is 395 g/mol. The van der Waals surface area contributed by atoms with E-state index in [4.69, 9.17) is 9.84 Å². The highest BCUT2D eigenvalue weighted by Gasteiger charge is 2.35. The van der Waals surface area contributed by atoms with E-state index in [2.05, 4.69) is 10.4 Å². The van der Waals surface area contributed by atoms with E-state index in [0.29, 0.717) is 12.3 Å². The number of ether oxygens (including phenoxy) is 1. The first-order valence-electron chi connectivity index (χ1n) is 8.13. The molecule has 0 spiro atoms. The summed E-state index contributed by atoms with van der Waals surface area (Å²) in [5, 5.41) is 15.1. The third-order valence-electron chi connectivity index (χ3n) is 3.98. The SMILES string of the molecule is CN(C)C[C@H]1CN(S(=O)(=O)c2cnn(C)c2)c2cc(NC(=O)O)ccc2O1. The van der Waals surface area contributed by atoms with Crippen molar-refractivity contribution >= 4 is 27.5 Å². The van der Waals surface area contributed by atoms with Gasteiger partial charge in [-0.05, 0) is 32.3 Å². The molecule has 1 aromatic carbocycles. The summed E-state index contributed by atoms with van der Waals surface area (Å²) in [6.45, 7) is 0.618. The van der Waals surface area contributed by atoms with Crippen LogP contribution in [0.4, 0.5) is 16.2 Å². The van der Waals surface area contributed by atoms with Gasteiger partial charge in [0.25, 0.3) is 10.0 Å². The number of fused-ring (bicyclic) bond motifs is 1. The van der Waals surface area contributed by atoms with Crippen molar-refractivity contribution in [2.24, 2.45) is 7.05 Å². The van der Waals surface area contributed by atoms with Crippen LogP contribution in [0.5, 0.6) is 5.75 Å². The zero-order valence-corrected chi connectivity index (χ0v) is 16.0. The zero-order valence-electron chi connectivity index (χ0n) is 15.2. The van der Waals surface area contributed by atoms with Crippen LogP contribution in [-0.4, -0.2) is 67.6 Å². The van der Waals surface area contributed by atoms with E-state index >= 15 is 0 Å². The maximum atomic E-state index is 13.2. The molecule has 0 radical (unpaired) electrons. The fourth-order valence-corrected chi connectivity index (χ4v) is 4.39. The number of rotatable bonds is 5. The summed E-state index contributed by atoms with van der Waals surface area (Å²) < 4.78 is 35.0. The van der Waals surface area contributed by atoms with E-state index in [1.54, 1.807) is 13.1 Å². The van der Waals surface area contributed by atoms with Crippen LogP contribution in [0, 0.1) is 0 Å². The molecule has 0 saturated heterocycles. The molecule has 3 rings (SSSR count). The van der Waals surface area contributed by atoms with Crippen LogP contribution in [0.1, 0.15) is 0 Å². The Morgan fingerprint density at radius 3 is 2.78 bits per heavy atom. The Morgan fingerprint density at radius 1 is 1.44 bits per heavy atom. The standard InChI is InChI=1S/C16H21N5O5S/c1-19(2)8-12-9-21(27(24,25)13-7-17-20(3)10-13)14-6-11(18-16(22)23)4-5-15(14)26-12/h4-7,10,12,18H,8-9H2,1-3H3,(H,22,23)/t12-/m0/s1. The second-order valence-corrected chi connectivity index (χ2v) is 8.36. The molecule has 1 aliphatic rings. The number of hydrogen-bond donors (Lipinski definition) is 2. The number of carboxylic acid groups (broad SMARTS) is 1. The van der Waals surface area contributed by atoms with Crippen LogP contribution in [0.3, 0.4) is 0 Å². The number of hydrogen-bond acceptors (Lipinski definition) is 6. The van der Waals surface area contributed by atoms with Gasteiger partial charge in [0.2, 0.25) is 0 Å². The average molecular weight is 395 g/mol. The van der Waals surface area contributed by atoms with Gasteiger partial charge in [0.15, 0.2) is 0 Å². The number of amides is 1. The van der Waals surface area contributed by atoms with Crippen molar-refractivity contribution in [2.75, 3.05) is 36.8 Å². The summed E-state index contributed by atoms with van der Waals surface area (Å²) >= 11 is 0. The number of anilines is 2. The van der Waals surface area contributed by atoms with Crippen LogP contribution in [0.25, 0.3) is 0 Å². The summed E-state index contributed by atoms with van der Waals surface area (Å²) in [7, 11) is 1.49. The van der Waals surface area contributed by atoms with Crippen molar-refractivity contribution in [2.45, 2.75) is 11.0 Å². The van der Waals surface area contributed by atoms with Gasteiger partial charge in [-0.2, -0.15) is 5.10 Å². The first-order chi connectivity index (χ1) is 12.7. The molecule has 27 heavy (non-hydrogen) atoms. The van der Waals surface area contributed by atoms with Crippen molar-refractivity contribution < 1.29 is 23.1 Å². The normalized spacial score (nSPS) is 16.7. The molecule has 1 amide bonds. The Labute approximate surface area is 157 Å². The maximum Gasteiger partial charge on any atom is 0.409 e. The Kier molecular flexibility index (Phi) is 4.98. The molecule has 1 aliphatic heterocycles. The third-order valence-corrected chi connectivity index (χ3v) is 5.71. The van der Waals surface area contributed by atoms with Gasteiger partial charge in [0.05, 0.1) is 18.4 Å². The second-order valence-electron chi connectivity index (χ2n) is 6.50. The number of carbonyl (C=O) groups is 1. The van der Waals surface area contributed by atoms with Crippen molar-refractivity contribution in [1.82, 2.24) is 14.7 Å². The van der Waals surface area contributed by atoms with Gasteiger partial charge in [-0.1, -0.05) is 0 Å². The molecule has 1 atom stereocenters. The fraction of sp³-hybridized carbons (Fsp3) is 0.375. The van der Waals surface area contributed by atoms with Crippen LogP contribution < -0.4 is 14.4 Å². The largest absolute Gasteiger partial charge is 0.485 e. The number of aromatic nitrogens is 2. The lowest BCUT2D eigenvalue weighted by molar-refractivity contribution is 0.159. The predicted octanol–water partition coefficient (Wildman–Crippen LogP) is 1.03. The third kappa shape index (κ3) is 3.98. The molecule has 0 fully saturated rings. The molecule has 2 aromatic rings. The van der Waals surface area contributed by atoms with Gasteiger partial charge in [0.1, 0.15) is 16.7 Å². The van der Waals surface area contributed by atoms with E-state index in [1.807, 2.05) is 19.0 Å². The summed E-state index contributed by atoms with van der Waals surface area (Å²) in [5.41, 5.74) is 0.530. The van der Waals surface area contributed by atoms with Crippen LogP contribution in [0.2, 0.25) is 0 Å². The Bertz CT molecular complexity index is 956. The molecule has 0 unspecified atom stereocenters. The number of likely N-dealkylation sites (N-methyl/N-ethyl adjacent to an activating group) is 1. The fourth-order valence-electron chi connectivity index (χ4n) is 2.90. The Morgan fingerprint density at radius 2 is 2.19 bits per heavy atom. The molecule has 0 bridgehead atoms. The topological polar surface area (TPSA) is 117 Å². The minimum absolute atomic E-state index is 0.0537. The molecule has 2 heterocycles. The first kappa shape index (κ1) is 19.0. The van der Waals surface area contributed by atoms with Crippen LogP contribution >= 0.6 is 0 Å². The van der Waals surface area contributed by atoms with Crippen molar-refractivity contribution in [3.63, 3.8) is 0 Å². The van der Waals surface area contributed by atoms with E-state index in [9.17, 15) is 13.2 Å². The molecular formula is C16H21N5O5S. The van der Waals surface area contributed by atoms with Gasteiger partial charge in [-0.15, -0.1) is 0 Å². The summed E-state index contributed by atoms with van der Waals surface area (Å²) in [6.07, 6.45) is 1.09. The summed E-state index contributed by atoms with van der Waals surface area (Å²) in [6, 6.07) is 4.54. The Balaban J connectivity index is 2.06. The lowest BCUT2D eigenvalue weighted by Crippen LogP contribution is -2.47. The zero-order chi connectivity index (χ0) is 19.8. The van der Waals surface area contributed by atoms with Crippen LogP contribution in [0.15, 0.2) is 35.5 Å². The highest BCUT2D eigenvalue weighted by atomic mass is 32.2. The van der Waals surface area contributed by atoms with Gasteiger partial charge >= 0.3 is 6.09 Å². The van der Waals surface area contributed by atoms with Crippen molar-refractivity contribution in [3.8, 4) is 5.75 Å². The highest BCUT2D eigenvalue weighted by molar-refractivity contribution is 7.92. The quantitative estimate of drug-likeness (QED) is 0.776. The van der Waals surface area contributed by atoms with E-state index in [1.165, 1.54) is 33.5 Å². The maximum absolute atomic E-state index is 13.2. The van der Waals surface area contributed by atoms with E-state index in [0.717, 1.165) is 0 Å². The molecule has 0 saturated carbocycles. The average Bonchev–Trinajstić information content (AvgIpc) is 3.00. The molecule has 11 heteroatoms. The van der Waals surface area contributed by atoms with Crippen molar-refractivity contribution in [3.05, 3.63) is 30.6 Å². The van der Waals surface area contributed by atoms with Crippen LogP contribution in [-0.2, 0) is 17.1 Å². The van der Waals surface area contributed by atoms with Gasteiger partial charge in [-0.25, -0.2) is 13.2 Å². The minimum atomic E-state index is -3.89. The number of benzene rings is 1. The number of nitrogens with one attached hydrogen (secondary N) is 1. The molecule has 0 aliphatic carbocycles. The predicted molar refractivity (Wildman–Crippen MR) is 98.8 cm³/mol. The second kappa shape index (κ2) is 7.08. The van der Waals surface area contributed by atoms with E-state index in [-0.39, 0.29) is 28.9 Å². The summed E-state index contributed by atoms with van der Waals surface area (Å²) in [5.74, 6) is 0.372. The lowest BCUT2D eigenvalue weighted by atomic mass is 10.2. The molecule has 1 aromatic heterocycles.